The van der Waals surface area contributed by atoms with Crippen molar-refractivity contribution >= 4 is 17.6 Å². The second-order valence-electron chi connectivity index (χ2n) is 4.93. The number of halogens is 3. The molecular weight excluding hydrogens is 355 g/mol. The lowest BCUT2D eigenvalue weighted by Gasteiger charge is -2.10. The highest BCUT2D eigenvalue weighted by molar-refractivity contribution is 5.92. The van der Waals surface area contributed by atoms with Crippen LogP contribution in [0.1, 0.15) is 10.4 Å². The smallest absolute Gasteiger partial charge is 0.484 e. The number of rotatable bonds is 6. The van der Waals surface area contributed by atoms with Gasteiger partial charge in [-0.3, -0.25) is 4.79 Å². The van der Waals surface area contributed by atoms with Gasteiger partial charge in [0.2, 0.25) is 0 Å². The van der Waals surface area contributed by atoms with Crippen LogP contribution in [0.3, 0.4) is 0 Å². The highest BCUT2D eigenvalue weighted by Gasteiger charge is 2.30. The molecule has 0 unspecified atom stereocenters. The maximum Gasteiger partial charge on any atom is 0.573 e. The zero-order valence-corrected chi connectivity index (χ0v) is 13.5. The molecule has 0 aliphatic carbocycles. The Bertz CT molecular complexity index is 775. The van der Waals surface area contributed by atoms with Crippen LogP contribution in [0.25, 0.3) is 0 Å². The fourth-order valence-electron chi connectivity index (χ4n) is 1.92. The van der Waals surface area contributed by atoms with Crippen molar-refractivity contribution < 1.29 is 37.0 Å². The summed E-state index contributed by atoms with van der Waals surface area (Å²) in [4.78, 5) is 23.3. The summed E-state index contributed by atoms with van der Waals surface area (Å²) in [6.45, 7) is -0.356. The standard InChI is InChI=1S/C17H14F3NO5/c1-24-16(23)11-3-2-4-14(9-11)25-10-15(22)21-12-5-7-13(8-6-12)26-17(18,19)20/h2-9H,10H2,1H3,(H,21,22). The number of amides is 1. The van der Waals surface area contributed by atoms with E-state index in [4.69, 9.17) is 4.74 Å². The van der Waals surface area contributed by atoms with Crippen molar-refractivity contribution in [3.63, 3.8) is 0 Å². The Morgan fingerprint density at radius 2 is 1.73 bits per heavy atom. The highest BCUT2D eigenvalue weighted by Crippen LogP contribution is 2.24. The molecule has 6 nitrogen and oxygen atoms in total. The van der Waals surface area contributed by atoms with Crippen LogP contribution in [0.4, 0.5) is 18.9 Å². The van der Waals surface area contributed by atoms with E-state index in [2.05, 4.69) is 14.8 Å². The summed E-state index contributed by atoms with van der Waals surface area (Å²) in [7, 11) is 1.24. The molecule has 0 heterocycles. The van der Waals surface area contributed by atoms with Gasteiger partial charge in [0.15, 0.2) is 6.61 Å². The Morgan fingerprint density at radius 1 is 1.04 bits per heavy atom. The molecule has 0 radical (unpaired) electrons. The van der Waals surface area contributed by atoms with E-state index in [1.165, 1.54) is 31.4 Å². The van der Waals surface area contributed by atoms with Crippen LogP contribution in [0.5, 0.6) is 11.5 Å². The zero-order valence-electron chi connectivity index (χ0n) is 13.5. The third-order valence-electron chi connectivity index (χ3n) is 3.00. The predicted octanol–water partition coefficient (Wildman–Crippen LogP) is 3.39. The number of nitrogens with one attached hydrogen (secondary N) is 1. The molecule has 0 aliphatic rings. The minimum atomic E-state index is -4.78. The van der Waals surface area contributed by atoms with Gasteiger partial charge >= 0.3 is 12.3 Å². The summed E-state index contributed by atoms with van der Waals surface area (Å²) in [5.74, 6) is -1.18. The number of esters is 1. The Hall–Kier alpha value is -3.23. The first-order chi connectivity index (χ1) is 12.3. The van der Waals surface area contributed by atoms with E-state index in [1.807, 2.05) is 0 Å². The number of methoxy groups -OCH3 is 1. The van der Waals surface area contributed by atoms with Gasteiger partial charge in [-0.2, -0.15) is 0 Å². The number of carbonyl (C=O) groups excluding carboxylic acids is 2. The molecule has 138 valence electrons. The first-order valence-electron chi connectivity index (χ1n) is 7.23. The second kappa shape index (κ2) is 8.24. The molecule has 2 aromatic rings. The maximum atomic E-state index is 12.1. The van der Waals surface area contributed by atoms with E-state index in [9.17, 15) is 22.8 Å². The van der Waals surface area contributed by atoms with E-state index in [0.29, 0.717) is 0 Å². The molecular formula is C17H14F3NO5. The molecule has 2 aromatic carbocycles. The van der Waals surface area contributed by atoms with E-state index in [-0.39, 0.29) is 23.6 Å². The van der Waals surface area contributed by atoms with Gasteiger partial charge < -0.3 is 19.5 Å². The molecule has 0 aliphatic heterocycles. The topological polar surface area (TPSA) is 73.9 Å². The van der Waals surface area contributed by atoms with Crippen LogP contribution in [-0.2, 0) is 9.53 Å². The van der Waals surface area contributed by atoms with Gasteiger partial charge in [-0.1, -0.05) is 6.07 Å². The van der Waals surface area contributed by atoms with Gasteiger partial charge in [0.1, 0.15) is 11.5 Å². The van der Waals surface area contributed by atoms with E-state index >= 15 is 0 Å². The molecule has 0 spiro atoms. The number of ether oxygens (including phenoxy) is 3. The molecule has 1 N–H and O–H groups in total. The van der Waals surface area contributed by atoms with Crippen molar-refractivity contribution in [3.8, 4) is 11.5 Å². The first kappa shape index (κ1) is 19.1. The van der Waals surface area contributed by atoms with Crippen LogP contribution >= 0.6 is 0 Å². The summed E-state index contributed by atoms with van der Waals surface area (Å²) in [5.41, 5.74) is 0.544. The largest absolute Gasteiger partial charge is 0.573 e. The summed E-state index contributed by atoms with van der Waals surface area (Å²) in [6, 6.07) is 10.7. The average molecular weight is 369 g/mol. The Kier molecular flexibility index (Phi) is 6.05. The number of anilines is 1. The third-order valence-corrected chi connectivity index (χ3v) is 3.00. The Morgan fingerprint density at radius 3 is 2.35 bits per heavy atom. The van der Waals surface area contributed by atoms with Gasteiger partial charge in [0.25, 0.3) is 5.91 Å². The van der Waals surface area contributed by atoms with Crippen LogP contribution in [-0.4, -0.2) is 32.0 Å². The summed E-state index contributed by atoms with van der Waals surface area (Å²) >= 11 is 0. The van der Waals surface area contributed by atoms with Crippen molar-refractivity contribution in [2.75, 3.05) is 19.0 Å². The summed E-state index contributed by atoms with van der Waals surface area (Å²) in [5, 5.41) is 2.46. The monoisotopic (exact) mass is 369 g/mol. The number of alkyl halides is 3. The van der Waals surface area contributed by atoms with E-state index < -0.39 is 24.0 Å². The SMILES string of the molecule is COC(=O)c1cccc(OCC(=O)Nc2ccc(OC(F)(F)F)cc2)c1. The fraction of sp³-hybridized carbons (Fsp3) is 0.176. The van der Waals surface area contributed by atoms with Gasteiger partial charge in [-0.25, -0.2) is 4.79 Å². The first-order valence-corrected chi connectivity index (χ1v) is 7.23. The van der Waals surface area contributed by atoms with Crippen LogP contribution in [0, 0.1) is 0 Å². The van der Waals surface area contributed by atoms with Crippen molar-refractivity contribution in [2.45, 2.75) is 6.36 Å². The van der Waals surface area contributed by atoms with Crippen molar-refractivity contribution in [1.82, 2.24) is 0 Å². The van der Waals surface area contributed by atoms with Gasteiger partial charge in [-0.15, -0.1) is 13.2 Å². The number of carbonyl (C=O) groups is 2. The number of benzene rings is 2. The molecule has 0 aromatic heterocycles. The second-order valence-corrected chi connectivity index (χ2v) is 4.93. The lowest BCUT2D eigenvalue weighted by molar-refractivity contribution is -0.274. The van der Waals surface area contributed by atoms with Gasteiger partial charge in [-0.05, 0) is 42.5 Å². The maximum absolute atomic E-state index is 12.1. The Balaban J connectivity index is 1.88. The average Bonchev–Trinajstić information content (AvgIpc) is 2.60. The predicted molar refractivity (Wildman–Crippen MR) is 85.0 cm³/mol. The molecule has 0 fully saturated rings. The van der Waals surface area contributed by atoms with Crippen LogP contribution in [0.2, 0.25) is 0 Å². The quantitative estimate of drug-likeness (QED) is 0.790. The van der Waals surface area contributed by atoms with Gasteiger partial charge in [0, 0.05) is 5.69 Å². The van der Waals surface area contributed by atoms with Crippen LogP contribution < -0.4 is 14.8 Å². The van der Waals surface area contributed by atoms with Crippen molar-refractivity contribution in [3.05, 3.63) is 54.1 Å². The molecule has 9 heteroatoms. The van der Waals surface area contributed by atoms with Gasteiger partial charge in [0.05, 0.1) is 12.7 Å². The normalized spacial score (nSPS) is 10.8. The third kappa shape index (κ3) is 6.00. The fourth-order valence-corrected chi connectivity index (χ4v) is 1.92. The molecule has 2 rings (SSSR count). The number of hydrogen-bond acceptors (Lipinski definition) is 5. The van der Waals surface area contributed by atoms with E-state index in [0.717, 1.165) is 12.1 Å². The lowest BCUT2D eigenvalue weighted by atomic mass is 10.2. The summed E-state index contributed by atoms with van der Waals surface area (Å²) in [6.07, 6.45) is -4.78. The molecule has 0 saturated heterocycles. The molecule has 0 saturated carbocycles. The number of hydrogen-bond donors (Lipinski definition) is 1. The van der Waals surface area contributed by atoms with E-state index in [1.54, 1.807) is 12.1 Å². The van der Waals surface area contributed by atoms with Crippen molar-refractivity contribution in [2.24, 2.45) is 0 Å². The minimum Gasteiger partial charge on any atom is -0.484 e. The molecule has 0 bridgehead atoms. The molecule has 26 heavy (non-hydrogen) atoms. The minimum absolute atomic E-state index is 0.269. The lowest BCUT2D eigenvalue weighted by Crippen LogP contribution is -2.20. The highest BCUT2D eigenvalue weighted by atomic mass is 19.4. The van der Waals surface area contributed by atoms with Crippen LogP contribution in [0.15, 0.2) is 48.5 Å². The zero-order chi connectivity index (χ0) is 19.2. The summed E-state index contributed by atoms with van der Waals surface area (Å²) < 4.78 is 49.8. The van der Waals surface area contributed by atoms with Crippen molar-refractivity contribution in [1.29, 1.82) is 0 Å². The molecule has 1 amide bonds. The molecule has 0 atom stereocenters. The Labute approximate surface area is 146 Å².